The Kier molecular flexibility index (Phi) is 3.58. The van der Waals surface area contributed by atoms with Crippen LogP contribution in [-0.2, 0) is 6.42 Å². The van der Waals surface area contributed by atoms with E-state index in [4.69, 9.17) is 12.2 Å². The van der Waals surface area contributed by atoms with Gasteiger partial charge in [-0.1, -0.05) is 25.2 Å². The lowest BCUT2D eigenvalue weighted by molar-refractivity contribution is 0.222. The molecule has 1 heterocycles. The number of thiol groups is 1. The van der Waals surface area contributed by atoms with Gasteiger partial charge >= 0.3 is 0 Å². The van der Waals surface area contributed by atoms with Crippen molar-refractivity contribution in [2.45, 2.75) is 31.7 Å². The second-order valence-corrected chi connectivity index (χ2v) is 6.76. The molecule has 2 nitrogen and oxygen atoms in total. The van der Waals surface area contributed by atoms with E-state index in [0.717, 1.165) is 23.7 Å². The minimum absolute atomic E-state index is 0.624. The molecule has 0 spiro atoms. The van der Waals surface area contributed by atoms with Crippen molar-refractivity contribution in [1.82, 2.24) is 4.90 Å². The summed E-state index contributed by atoms with van der Waals surface area (Å²) in [6.07, 6.45) is 2.35. The summed E-state index contributed by atoms with van der Waals surface area (Å²) in [5, 5.41) is 3.54. The maximum absolute atomic E-state index is 5.31. The summed E-state index contributed by atoms with van der Waals surface area (Å²) in [6.45, 7) is 4.39. The molecular formula is C15H20N2S2. The van der Waals surface area contributed by atoms with Crippen LogP contribution in [0.4, 0.5) is 5.69 Å². The Morgan fingerprint density at radius 1 is 1.53 bits per heavy atom. The van der Waals surface area contributed by atoms with Crippen molar-refractivity contribution >= 4 is 34.7 Å². The third kappa shape index (κ3) is 2.20. The van der Waals surface area contributed by atoms with E-state index in [1.807, 2.05) is 0 Å². The summed E-state index contributed by atoms with van der Waals surface area (Å²) in [6, 6.07) is 4.92. The molecule has 0 fully saturated rings. The molecule has 1 aromatic carbocycles. The molecule has 102 valence electrons. The molecule has 3 rings (SSSR count). The largest absolute Gasteiger partial charge is 0.384 e. The van der Waals surface area contributed by atoms with Gasteiger partial charge in [-0.3, -0.25) is 0 Å². The average molecular weight is 292 g/mol. The zero-order valence-electron chi connectivity index (χ0n) is 11.4. The van der Waals surface area contributed by atoms with Gasteiger partial charge in [-0.15, -0.1) is 12.6 Å². The van der Waals surface area contributed by atoms with Crippen LogP contribution >= 0.6 is 24.8 Å². The van der Waals surface area contributed by atoms with Gasteiger partial charge in [0.1, 0.15) is 0 Å². The molecule has 19 heavy (non-hydrogen) atoms. The lowest BCUT2D eigenvalue weighted by Gasteiger charge is -2.35. The van der Waals surface area contributed by atoms with Gasteiger partial charge in [-0.05, 0) is 43.6 Å². The molecule has 0 bridgehead atoms. The fourth-order valence-corrected chi connectivity index (χ4v) is 3.88. The Labute approximate surface area is 126 Å². The second-order valence-electron chi connectivity index (χ2n) is 5.60. The molecule has 1 aromatic rings. The highest BCUT2D eigenvalue weighted by atomic mass is 32.1. The zero-order chi connectivity index (χ0) is 13.6. The molecule has 2 atom stereocenters. The maximum atomic E-state index is 5.31. The summed E-state index contributed by atoms with van der Waals surface area (Å²) in [4.78, 5) is 2.46. The van der Waals surface area contributed by atoms with Gasteiger partial charge in [0.2, 0.25) is 0 Å². The predicted molar refractivity (Wildman–Crippen MR) is 88.8 cm³/mol. The highest BCUT2D eigenvalue weighted by molar-refractivity contribution is 8.11. The van der Waals surface area contributed by atoms with Crippen molar-refractivity contribution in [3.05, 3.63) is 28.8 Å². The standard InChI is InChI=1S/C15H20N2S2/c1-3-17(2)10-6-9-8-16-13-5-4-11(15(18)19)12(7-10)14(9)13/h4-5,9-10,16H,3,6-8H2,1-2H3,(H,18,19). The molecule has 4 heteroatoms. The van der Waals surface area contributed by atoms with E-state index in [1.165, 1.54) is 28.8 Å². The van der Waals surface area contributed by atoms with E-state index in [1.54, 1.807) is 0 Å². The lowest BCUT2D eigenvalue weighted by Crippen LogP contribution is -2.38. The van der Waals surface area contributed by atoms with E-state index in [2.05, 4.69) is 48.9 Å². The van der Waals surface area contributed by atoms with Crippen LogP contribution in [0, 0.1) is 0 Å². The fourth-order valence-electron chi connectivity index (χ4n) is 3.48. The quantitative estimate of drug-likeness (QED) is 0.658. The molecule has 0 saturated carbocycles. The van der Waals surface area contributed by atoms with Gasteiger partial charge in [0.15, 0.2) is 0 Å². The van der Waals surface area contributed by atoms with Crippen molar-refractivity contribution in [1.29, 1.82) is 0 Å². The Morgan fingerprint density at radius 2 is 2.32 bits per heavy atom. The highest BCUT2D eigenvalue weighted by Crippen LogP contribution is 2.43. The summed E-state index contributed by atoms with van der Waals surface area (Å²) in [5.41, 5.74) is 5.42. The maximum Gasteiger partial charge on any atom is 0.0750 e. The van der Waals surface area contributed by atoms with Crippen molar-refractivity contribution < 1.29 is 0 Å². The molecule has 1 aliphatic carbocycles. The van der Waals surface area contributed by atoms with Crippen LogP contribution < -0.4 is 5.32 Å². The van der Waals surface area contributed by atoms with Crippen molar-refractivity contribution in [2.75, 3.05) is 25.5 Å². The predicted octanol–water partition coefficient (Wildman–Crippen LogP) is 3.07. The number of thiocarbonyl (C=S) groups is 1. The van der Waals surface area contributed by atoms with Crippen LogP contribution in [0.15, 0.2) is 12.1 Å². The smallest absolute Gasteiger partial charge is 0.0750 e. The van der Waals surface area contributed by atoms with E-state index in [9.17, 15) is 0 Å². The summed E-state index contributed by atoms with van der Waals surface area (Å²) < 4.78 is 0.725. The topological polar surface area (TPSA) is 15.3 Å². The second kappa shape index (κ2) is 5.08. The SMILES string of the molecule is CCN(C)C1Cc2c(C(=S)S)ccc3c2C(CN3)C1. The number of nitrogens with one attached hydrogen (secondary N) is 1. The van der Waals surface area contributed by atoms with E-state index in [-0.39, 0.29) is 0 Å². The Hall–Kier alpha value is -0.580. The normalized spacial score (nSPS) is 24.2. The van der Waals surface area contributed by atoms with Crippen molar-refractivity contribution in [3.63, 3.8) is 0 Å². The molecule has 0 amide bonds. The van der Waals surface area contributed by atoms with Crippen molar-refractivity contribution in [2.24, 2.45) is 0 Å². The van der Waals surface area contributed by atoms with Gasteiger partial charge in [-0.2, -0.15) is 0 Å². The van der Waals surface area contributed by atoms with Gasteiger partial charge in [0.05, 0.1) is 4.20 Å². The molecule has 2 aliphatic rings. The van der Waals surface area contributed by atoms with Crippen LogP contribution in [0.2, 0.25) is 0 Å². The number of benzene rings is 1. The molecule has 0 saturated heterocycles. The van der Waals surface area contributed by atoms with E-state index in [0.29, 0.717) is 12.0 Å². The minimum Gasteiger partial charge on any atom is -0.384 e. The van der Waals surface area contributed by atoms with Gasteiger partial charge in [0, 0.05) is 29.8 Å². The first-order chi connectivity index (χ1) is 9.11. The van der Waals surface area contributed by atoms with Gasteiger partial charge in [-0.25, -0.2) is 0 Å². The number of anilines is 1. The third-order valence-electron chi connectivity index (χ3n) is 4.65. The van der Waals surface area contributed by atoms with Crippen LogP contribution in [0.25, 0.3) is 0 Å². The summed E-state index contributed by atoms with van der Waals surface area (Å²) in [5.74, 6) is 0.639. The highest BCUT2D eigenvalue weighted by Gasteiger charge is 2.35. The monoisotopic (exact) mass is 292 g/mol. The number of likely N-dealkylation sites (N-methyl/N-ethyl adjacent to an activating group) is 1. The lowest BCUT2D eigenvalue weighted by atomic mass is 9.79. The summed E-state index contributed by atoms with van der Waals surface area (Å²) in [7, 11) is 2.22. The Balaban J connectivity index is 2.06. The van der Waals surface area contributed by atoms with E-state index >= 15 is 0 Å². The molecule has 1 N–H and O–H groups in total. The molecule has 0 radical (unpaired) electrons. The molecule has 0 aromatic heterocycles. The van der Waals surface area contributed by atoms with Crippen LogP contribution in [0.3, 0.4) is 0 Å². The third-order valence-corrected chi connectivity index (χ3v) is 5.11. The van der Waals surface area contributed by atoms with Gasteiger partial charge < -0.3 is 10.2 Å². The van der Waals surface area contributed by atoms with Gasteiger partial charge in [0.25, 0.3) is 0 Å². The van der Waals surface area contributed by atoms with Crippen LogP contribution in [-0.4, -0.2) is 35.3 Å². The number of hydrogen-bond donors (Lipinski definition) is 2. The first kappa shape index (κ1) is 13.4. The minimum atomic E-state index is 0.624. The van der Waals surface area contributed by atoms with E-state index < -0.39 is 0 Å². The number of rotatable bonds is 3. The van der Waals surface area contributed by atoms with Crippen molar-refractivity contribution in [3.8, 4) is 0 Å². The average Bonchev–Trinajstić information content (AvgIpc) is 2.82. The number of hydrogen-bond acceptors (Lipinski definition) is 3. The zero-order valence-corrected chi connectivity index (χ0v) is 13.2. The fraction of sp³-hybridized carbons (Fsp3) is 0.533. The molecule has 2 unspecified atom stereocenters. The number of nitrogens with zero attached hydrogens (tertiary/aromatic N) is 1. The molecular weight excluding hydrogens is 272 g/mol. The Bertz CT molecular complexity index is 527. The summed E-state index contributed by atoms with van der Waals surface area (Å²) >= 11 is 9.72. The Morgan fingerprint density at radius 3 is 3.00 bits per heavy atom. The first-order valence-electron chi connectivity index (χ1n) is 6.95. The van der Waals surface area contributed by atoms with Crippen LogP contribution in [0.5, 0.6) is 0 Å². The molecule has 1 aliphatic heterocycles. The first-order valence-corrected chi connectivity index (χ1v) is 7.80. The van der Waals surface area contributed by atoms with Crippen LogP contribution in [0.1, 0.15) is 36.0 Å².